The fourth-order valence-corrected chi connectivity index (χ4v) is 4.85. The van der Waals surface area contributed by atoms with Gasteiger partial charge in [0.15, 0.2) is 0 Å². The van der Waals surface area contributed by atoms with Crippen LogP contribution in [0.2, 0.25) is 0 Å². The van der Waals surface area contributed by atoms with Crippen molar-refractivity contribution in [3.8, 4) is 0 Å². The minimum Gasteiger partial charge on any atom is -0.478 e. The lowest BCUT2D eigenvalue weighted by molar-refractivity contribution is 0.0695. The maximum absolute atomic E-state index is 12.9. The van der Waals surface area contributed by atoms with Crippen molar-refractivity contribution in [3.05, 3.63) is 58.1 Å². The van der Waals surface area contributed by atoms with E-state index in [1.54, 1.807) is 0 Å². The van der Waals surface area contributed by atoms with E-state index in [0.29, 0.717) is 30.7 Å². The van der Waals surface area contributed by atoms with Gasteiger partial charge in [0.1, 0.15) is 0 Å². The van der Waals surface area contributed by atoms with E-state index in [1.807, 2.05) is 25.1 Å². The van der Waals surface area contributed by atoms with Gasteiger partial charge >= 0.3 is 5.97 Å². The molecule has 0 atom stereocenters. The molecular weight excluding hydrogens is 420 g/mol. The van der Waals surface area contributed by atoms with Gasteiger partial charge in [-0.15, -0.1) is 0 Å². The van der Waals surface area contributed by atoms with Crippen molar-refractivity contribution in [3.63, 3.8) is 0 Å². The van der Waals surface area contributed by atoms with E-state index in [-0.39, 0.29) is 10.5 Å². The van der Waals surface area contributed by atoms with Crippen LogP contribution in [0.3, 0.4) is 0 Å². The van der Waals surface area contributed by atoms with Crippen LogP contribution in [0.1, 0.15) is 15.9 Å². The Morgan fingerprint density at radius 3 is 2.38 bits per heavy atom. The number of halogens is 1. The van der Waals surface area contributed by atoms with Crippen LogP contribution in [-0.4, -0.2) is 50.0 Å². The third kappa shape index (κ3) is 3.77. The molecule has 0 aliphatic carbocycles. The lowest BCUT2D eigenvalue weighted by Gasteiger charge is -2.35. The first-order chi connectivity index (χ1) is 12.3. The Morgan fingerprint density at radius 1 is 1.08 bits per heavy atom. The van der Waals surface area contributed by atoms with Gasteiger partial charge < -0.3 is 10.0 Å². The molecule has 8 heteroatoms. The smallest absolute Gasteiger partial charge is 0.336 e. The van der Waals surface area contributed by atoms with Crippen LogP contribution in [0.5, 0.6) is 0 Å². The summed E-state index contributed by atoms with van der Waals surface area (Å²) in [6.07, 6.45) is 0. The average molecular weight is 439 g/mol. The Balaban J connectivity index is 1.78. The zero-order valence-corrected chi connectivity index (χ0v) is 16.6. The number of aryl methyl sites for hydroxylation is 1. The maximum Gasteiger partial charge on any atom is 0.336 e. The molecule has 1 aliphatic heterocycles. The monoisotopic (exact) mass is 438 g/mol. The zero-order valence-electron chi connectivity index (χ0n) is 14.2. The molecule has 1 N–H and O–H groups in total. The van der Waals surface area contributed by atoms with Crippen molar-refractivity contribution in [2.45, 2.75) is 11.8 Å². The molecule has 0 spiro atoms. The second-order valence-electron chi connectivity index (χ2n) is 6.18. The summed E-state index contributed by atoms with van der Waals surface area (Å²) in [5.74, 6) is -1.17. The number of sulfonamides is 1. The summed E-state index contributed by atoms with van der Waals surface area (Å²) < 4.78 is 27.5. The highest BCUT2D eigenvalue weighted by atomic mass is 79.9. The van der Waals surface area contributed by atoms with E-state index in [2.05, 4.69) is 26.9 Å². The fraction of sp³-hybridized carbons (Fsp3) is 0.278. The summed E-state index contributed by atoms with van der Waals surface area (Å²) in [7, 11) is -3.73. The second kappa shape index (κ2) is 7.38. The molecule has 0 bridgehead atoms. The van der Waals surface area contributed by atoms with Crippen LogP contribution < -0.4 is 4.90 Å². The van der Waals surface area contributed by atoms with E-state index in [1.165, 1.54) is 22.5 Å². The Morgan fingerprint density at radius 2 is 1.77 bits per heavy atom. The number of hydrogen-bond acceptors (Lipinski definition) is 4. The van der Waals surface area contributed by atoms with Crippen LogP contribution in [0.15, 0.2) is 51.8 Å². The van der Waals surface area contributed by atoms with Gasteiger partial charge in [-0.2, -0.15) is 4.31 Å². The predicted octanol–water partition coefficient (Wildman–Crippen LogP) is 2.97. The molecule has 0 aromatic heterocycles. The standard InChI is InChI=1S/C18H19BrN2O4S/c1-13-3-2-4-14(11-13)20-7-9-21(10-8-20)26(24,25)15-5-6-17(19)16(12-15)18(22)23/h2-6,11-12H,7-10H2,1H3,(H,22,23). The van der Waals surface area contributed by atoms with Crippen molar-refractivity contribution >= 4 is 37.6 Å². The largest absolute Gasteiger partial charge is 0.478 e. The number of rotatable bonds is 4. The van der Waals surface area contributed by atoms with Crippen molar-refractivity contribution in [2.24, 2.45) is 0 Å². The van der Waals surface area contributed by atoms with Gasteiger partial charge in [0.25, 0.3) is 0 Å². The van der Waals surface area contributed by atoms with Crippen LogP contribution in [-0.2, 0) is 10.0 Å². The Hall–Kier alpha value is -1.90. The van der Waals surface area contributed by atoms with Crippen LogP contribution >= 0.6 is 15.9 Å². The lowest BCUT2D eigenvalue weighted by atomic mass is 10.2. The molecule has 1 fully saturated rings. The molecule has 0 unspecified atom stereocenters. The van der Waals surface area contributed by atoms with Gasteiger partial charge in [0, 0.05) is 36.3 Å². The van der Waals surface area contributed by atoms with Crippen LogP contribution in [0, 0.1) is 6.92 Å². The molecule has 2 aromatic rings. The summed E-state index contributed by atoms with van der Waals surface area (Å²) in [6, 6.07) is 12.2. The highest BCUT2D eigenvalue weighted by Gasteiger charge is 2.29. The van der Waals surface area contributed by atoms with E-state index in [4.69, 9.17) is 0 Å². The van der Waals surface area contributed by atoms with Gasteiger partial charge in [0.2, 0.25) is 10.0 Å². The summed E-state index contributed by atoms with van der Waals surface area (Å²) in [6.45, 7) is 3.91. The number of nitrogens with zero attached hydrogens (tertiary/aromatic N) is 2. The van der Waals surface area contributed by atoms with Crippen molar-refractivity contribution in [2.75, 3.05) is 31.1 Å². The molecule has 6 nitrogen and oxygen atoms in total. The normalized spacial score (nSPS) is 15.8. The molecule has 1 aliphatic rings. The number of carboxylic acid groups (broad SMARTS) is 1. The molecule has 26 heavy (non-hydrogen) atoms. The number of anilines is 1. The quantitative estimate of drug-likeness (QED) is 0.793. The number of piperazine rings is 1. The Labute approximate surface area is 161 Å². The number of benzene rings is 2. The van der Waals surface area contributed by atoms with E-state index < -0.39 is 16.0 Å². The summed E-state index contributed by atoms with van der Waals surface area (Å²) in [5, 5.41) is 9.20. The fourth-order valence-electron chi connectivity index (χ4n) is 2.99. The number of aromatic carboxylic acids is 1. The minimum absolute atomic E-state index is 0.00195. The van der Waals surface area contributed by atoms with Gasteiger partial charge in [-0.05, 0) is 58.7 Å². The number of hydrogen-bond donors (Lipinski definition) is 1. The van der Waals surface area contributed by atoms with Crippen molar-refractivity contribution in [1.29, 1.82) is 0 Å². The molecule has 2 aromatic carbocycles. The van der Waals surface area contributed by atoms with E-state index >= 15 is 0 Å². The lowest BCUT2D eigenvalue weighted by Crippen LogP contribution is -2.48. The van der Waals surface area contributed by atoms with Crippen LogP contribution in [0.4, 0.5) is 5.69 Å². The van der Waals surface area contributed by atoms with Gasteiger partial charge in [-0.1, -0.05) is 12.1 Å². The first-order valence-corrected chi connectivity index (χ1v) is 10.4. The Kier molecular flexibility index (Phi) is 5.36. The van der Waals surface area contributed by atoms with E-state index in [9.17, 15) is 18.3 Å². The molecule has 138 valence electrons. The predicted molar refractivity (Wildman–Crippen MR) is 103 cm³/mol. The molecular formula is C18H19BrN2O4S. The SMILES string of the molecule is Cc1cccc(N2CCN(S(=O)(=O)c3ccc(Br)c(C(=O)O)c3)CC2)c1. The van der Waals surface area contributed by atoms with Gasteiger partial charge in [-0.25, -0.2) is 13.2 Å². The second-order valence-corrected chi connectivity index (χ2v) is 8.97. The third-order valence-corrected chi connectivity index (χ3v) is 7.00. The molecule has 0 radical (unpaired) electrons. The average Bonchev–Trinajstić information content (AvgIpc) is 2.62. The maximum atomic E-state index is 12.9. The highest BCUT2D eigenvalue weighted by molar-refractivity contribution is 9.10. The molecule has 0 saturated carbocycles. The molecule has 1 saturated heterocycles. The van der Waals surface area contributed by atoms with E-state index in [0.717, 1.165) is 11.3 Å². The molecule has 0 amide bonds. The molecule has 1 heterocycles. The van der Waals surface area contributed by atoms with Gasteiger partial charge in [-0.3, -0.25) is 0 Å². The highest BCUT2D eigenvalue weighted by Crippen LogP contribution is 2.25. The zero-order chi connectivity index (χ0) is 18.9. The van der Waals surface area contributed by atoms with Gasteiger partial charge in [0.05, 0.1) is 10.5 Å². The first kappa shape index (κ1) is 18.9. The summed E-state index contributed by atoms with van der Waals surface area (Å²) >= 11 is 3.14. The summed E-state index contributed by atoms with van der Waals surface area (Å²) in [4.78, 5) is 13.4. The van der Waals surface area contributed by atoms with Crippen LogP contribution in [0.25, 0.3) is 0 Å². The topological polar surface area (TPSA) is 77.9 Å². The number of carboxylic acids is 1. The Bertz CT molecular complexity index is 938. The number of carbonyl (C=O) groups is 1. The van der Waals surface area contributed by atoms with Crippen molar-refractivity contribution < 1.29 is 18.3 Å². The van der Waals surface area contributed by atoms with Crippen molar-refractivity contribution in [1.82, 2.24) is 4.31 Å². The first-order valence-electron chi connectivity index (χ1n) is 8.13. The minimum atomic E-state index is -3.73. The molecule has 3 rings (SSSR count). The summed E-state index contributed by atoms with van der Waals surface area (Å²) in [5.41, 5.74) is 2.18. The third-order valence-electron chi connectivity index (χ3n) is 4.41.